The molecule has 0 aliphatic heterocycles. The second-order valence-electron chi connectivity index (χ2n) is 3.96. The molecule has 7 heteroatoms. The Morgan fingerprint density at radius 3 is 2.79 bits per heavy atom. The molecular weight excluding hydrogens is 242 g/mol. The average Bonchev–Trinajstić information content (AvgIpc) is 2.76. The lowest BCUT2D eigenvalue weighted by Crippen LogP contribution is -2.06. The number of hydrogen-bond acceptors (Lipinski definition) is 6. The van der Waals surface area contributed by atoms with Crippen molar-refractivity contribution in [2.24, 2.45) is 0 Å². The Labute approximate surface area is 111 Å². The van der Waals surface area contributed by atoms with Gasteiger partial charge in [0.1, 0.15) is 11.6 Å². The van der Waals surface area contributed by atoms with Gasteiger partial charge in [-0.2, -0.15) is 9.94 Å². The molecule has 0 atom stereocenters. The number of rotatable bonds is 5. The zero-order valence-corrected chi connectivity index (χ0v) is 10.7. The highest BCUT2D eigenvalue weighted by Crippen LogP contribution is 2.22. The minimum absolute atomic E-state index is 0.243. The predicted molar refractivity (Wildman–Crippen MR) is 71.7 cm³/mol. The minimum atomic E-state index is 0.243. The van der Waals surface area contributed by atoms with E-state index in [1.165, 1.54) is 4.68 Å². The Bertz CT molecular complexity index is 582. The van der Waals surface area contributed by atoms with E-state index >= 15 is 0 Å². The Kier molecular flexibility index (Phi) is 3.93. The van der Waals surface area contributed by atoms with Crippen LogP contribution in [0.15, 0.2) is 18.5 Å². The summed E-state index contributed by atoms with van der Waals surface area (Å²) in [6, 6.07) is 3.76. The maximum Gasteiger partial charge on any atom is 0.252 e. The number of hydrogen-bond donors (Lipinski definition) is 2. The van der Waals surface area contributed by atoms with Crippen molar-refractivity contribution >= 4 is 11.6 Å². The minimum Gasteiger partial charge on any atom is -0.382 e. The molecule has 0 aliphatic carbocycles. The molecule has 19 heavy (non-hydrogen) atoms. The van der Waals surface area contributed by atoms with Crippen LogP contribution in [0.5, 0.6) is 0 Å². The summed E-state index contributed by atoms with van der Waals surface area (Å²) in [4.78, 5) is 8.13. The average molecular weight is 257 g/mol. The molecule has 3 N–H and O–H groups in total. The number of nitrogens with one attached hydrogen (secondary N) is 1. The van der Waals surface area contributed by atoms with Gasteiger partial charge < -0.3 is 11.1 Å². The van der Waals surface area contributed by atoms with Crippen LogP contribution in [0.25, 0.3) is 5.95 Å². The summed E-state index contributed by atoms with van der Waals surface area (Å²) in [7, 11) is 0. The fourth-order valence-corrected chi connectivity index (χ4v) is 1.60. The number of nitrogens with two attached hydrogens (primary N) is 1. The molecule has 0 bridgehead atoms. The topological polar surface area (TPSA) is 105 Å². The number of unbranched alkanes of at least 4 members (excludes halogenated alkanes) is 1. The van der Waals surface area contributed by atoms with Gasteiger partial charge in [0.05, 0.1) is 0 Å². The van der Waals surface area contributed by atoms with Crippen LogP contribution in [0.2, 0.25) is 0 Å². The number of nitrogen functional groups attached to an aromatic ring is 1. The van der Waals surface area contributed by atoms with Crippen molar-refractivity contribution in [2.45, 2.75) is 19.8 Å². The molecule has 0 amide bonds. The maximum atomic E-state index is 9.15. The van der Waals surface area contributed by atoms with E-state index in [0.29, 0.717) is 17.3 Å². The van der Waals surface area contributed by atoms with Gasteiger partial charge >= 0.3 is 0 Å². The van der Waals surface area contributed by atoms with Gasteiger partial charge in [-0.05, 0) is 12.5 Å². The van der Waals surface area contributed by atoms with Crippen LogP contribution in [0.1, 0.15) is 25.3 Å². The van der Waals surface area contributed by atoms with Crippen LogP contribution >= 0.6 is 0 Å². The predicted octanol–water partition coefficient (Wildman–Crippen LogP) is 1.33. The molecule has 7 nitrogen and oxygen atoms in total. The summed E-state index contributed by atoms with van der Waals surface area (Å²) in [6.45, 7) is 2.84. The van der Waals surface area contributed by atoms with Gasteiger partial charge in [0, 0.05) is 18.9 Å². The molecule has 98 valence electrons. The lowest BCUT2D eigenvalue weighted by atomic mass is 10.3. The standard InChI is InChI=1S/C12H15N7/c1-2-3-5-15-11-9(8-13)10(14)19(18-11)12-16-6-4-7-17-12/h4,6-7H,2-3,5,14H2,1H3,(H,15,18). The Balaban J connectivity index is 2.34. The fourth-order valence-electron chi connectivity index (χ4n) is 1.60. The molecule has 0 fully saturated rings. The summed E-state index contributed by atoms with van der Waals surface area (Å²) < 4.78 is 1.37. The summed E-state index contributed by atoms with van der Waals surface area (Å²) in [5.41, 5.74) is 6.23. The number of nitriles is 1. The van der Waals surface area contributed by atoms with Crippen molar-refractivity contribution in [1.82, 2.24) is 19.7 Å². The SMILES string of the molecule is CCCCNc1nn(-c2ncccn2)c(N)c1C#N. The molecule has 2 aromatic rings. The highest BCUT2D eigenvalue weighted by Gasteiger charge is 2.17. The Morgan fingerprint density at radius 1 is 1.42 bits per heavy atom. The maximum absolute atomic E-state index is 9.15. The summed E-state index contributed by atoms with van der Waals surface area (Å²) in [6.07, 6.45) is 5.26. The molecule has 0 aromatic carbocycles. The van der Waals surface area contributed by atoms with Crippen molar-refractivity contribution in [3.8, 4) is 12.0 Å². The fraction of sp³-hybridized carbons (Fsp3) is 0.333. The largest absolute Gasteiger partial charge is 0.382 e. The Morgan fingerprint density at radius 2 is 2.16 bits per heavy atom. The van der Waals surface area contributed by atoms with Crippen molar-refractivity contribution in [3.05, 3.63) is 24.0 Å². The van der Waals surface area contributed by atoms with Crippen molar-refractivity contribution < 1.29 is 0 Å². The number of anilines is 2. The van der Waals surface area contributed by atoms with E-state index in [2.05, 4.69) is 33.4 Å². The van der Waals surface area contributed by atoms with Crippen LogP contribution in [0.3, 0.4) is 0 Å². The third-order valence-electron chi connectivity index (χ3n) is 2.60. The number of nitrogens with zero attached hydrogens (tertiary/aromatic N) is 5. The zero-order valence-electron chi connectivity index (χ0n) is 10.7. The monoisotopic (exact) mass is 257 g/mol. The van der Waals surface area contributed by atoms with Gasteiger partial charge in [-0.1, -0.05) is 13.3 Å². The highest BCUT2D eigenvalue weighted by atomic mass is 15.4. The second kappa shape index (κ2) is 5.82. The first-order valence-corrected chi connectivity index (χ1v) is 6.07. The van der Waals surface area contributed by atoms with E-state index < -0.39 is 0 Å². The van der Waals surface area contributed by atoms with Crippen LogP contribution in [-0.4, -0.2) is 26.3 Å². The second-order valence-corrected chi connectivity index (χ2v) is 3.96. The first kappa shape index (κ1) is 12.8. The lowest BCUT2D eigenvalue weighted by molar-refractivity contribution is 0.801. The van der Waals surface area contributed by atoms with E-state index in [1.54, 1.807) is 18.5 Å². The van der Waals surface area contributed by atoms with Crippen LogP contribution < -0.4 is 11.1 Å². The summed E-state index contributed by atoms with van der Waals surface area (Å²) >= 11 is 0. The zero-order chi connectivity index (χ0) is 13.7. The molecule has 0 unspecified atom stereocenters. The van der Waals surface area contributed by atoms with E-state index in [-0.39, 0.29) is 5.82 Å². The van der Waals surface area contributed by atoms with Gasteiger partial charge in [-0.15, -0.1) is 5.10 Å². The van der Waals surface area contributed by atoms with Crippen LogP contribution in [0, 0.1) is 11.3 Å². The van der Waals surface area contributed by atoms with Crippen LogP contribution in [-0.2, 0) is 0 Å². The molecule has 0 saturated heterocycles. The van der Waals surface area contributed by atoms with Crippen molar-refractivity contribution in [2.75, 3.05) is 17.6 Å². The van der Waals surface area contributed by atoms with E-state index in [9.17, 15) is 0 Å². The molecular formula is C12H15N7. The summed E-state index contributed by atoms with van der Waals surface area (Å²) in [5, 5.41) is 16.5. The van der Waals surface area contributed by atoms with Crippen LogP contribution in [0.4, 0.5) is 11.6 Å². The third-order valence-corrected chi connectivity index (χ3v) is 2.60. The number of aromatic nitrogens is 4. The molecule has 0 spiro atoms. The van der Waals surface area contributed by atoms with E-state index in [1.807, 2.05) is 0 Å². The quantitative estimate of drug-likeness (QED) is 0.783. The first-order valence-electron chi connectivity index (χ1n) is 6.07. The molecule has 2 heterocycles. The van der Waals surface area contributed by atoms with Crippen molar-refractivity contribution in [3.63, 3.8) is 0 Å². The first-order chi connectivity index (χ1) is 9.27. The lowest BCUT2D eigenvalue weighted by Gasteiger charge is -2.01. The van der Waals surface area contributed by atoms with E-state index in [0.717, 1.165) is 19.4 Å². The smallest absolute Gasteiger partial charge is 0.252 e. The van der Waals surface area contributed by atoms with E-state index in [4.69, 9.17) is 11.0 Å². The Hall–Kier alpha value is -2.62. The molecule has 2 rings (SSSR count). The van der Waals surface area contributed by atoms with Crippen molar-refractivity contribution in [1.29, 1.82) is 5.26 Å². The molecule has 2 aromatic heterocycles. The van der Waals surface area contributed by atoms with Gasteiger partial charge in [-0.25, -0.2) is 9.97 Å². The van der Waals surface area contributed by atoms with Gasteiger partial charge in [0.15, 0.2) is 11.6 Å². The molecule has 0 radical (unpaired) electrons. The third kappa shape index (κ3) is 2.63. The normalized spacial score (nSPS) is 10.1. The van der Waals surface area contributed by atoms with Gasteiger partial charge in [0.25, 0.3) is 5.95 Å². The van der Waals surface area contributed by atoms with Gasteiger partial charge in [0.2, 0.25) is 0 Å². The highest BCUT2D eigenvalue weighted by molar-refractivity contribution is 5.65. The summed E-state index contributed by atoms with van der Waals surface area (Å²) in [5.74, 6) is 1.06. The molecule has 0 aliphatic rings. The molecule has 0 saturated carbocycles. The van der Waals surface area contributed by atoms with Gasteiger partial charge in [-0.3, -0.25) is 0 Å².